The number of methoxy groups -OCH3 is 1. The summed E-state index contributed by atoms with van der Waals surface area (Å²) in [5.74, 6) is 0.290. The van der Waals surface area contributed by atoms with Gasteiger partial charge in [0, 0.05) is 37.2 Å². The molecule has 14 heteroatoms. The van der Waals surface area contributed by atoms with E-state index in [4.69, 9.17) is 18.6 Å². The first-order valence-electron chi connectivity index (χ1n) is 16.1. The lowest BCUT2D eigenvalue weighted by Crippen LogP contribution is -2.59. The van der Waals surface area contributed by atoms with Crippen LogP contribution in [-0.2, 0) is 25.9 Å². The van der Waals surface area contributed by atoms with Crippen molar-refractivity contribution in [2.75, 3.05) is 38.7 Å². The molecule has 0 saturated carbocycles. The number of aromatic nitrogens is 1. The highest BCUT2D eigenvalue weighted by molar-refractivity contribution is 7.89. The molecule has 0 spiro atoms. The van der Waals surface area contributed by atoms with E-state index in [2.05, 4.69) is 10.3 Å². The lowest BCUT2D eigenvalue weighted by atomic mass is 9.88. The van der Waals surface area contributed by atoms with Crippen molar-refractivity contribution in [1.29, 1.82) is 0 Å². The normalized spacial score (nSPS) is 21.3. The van der Waals surface area contributed by atoms with E-state index in [0.717, 1.165) is 5.56 Å². The van der Waals surface area contributed by atoms with E-state index in [1.54, 1.807) is 31.4 Å². The summed E-state index contributed by atoms with van der Waals surface area (Å²) < 4.78 is 52.3. The average Bonchev–Trinajstić information content (AvgIpc) is 3.66. The van der Waals surface area contributed by atoms with Crippen LogP contribution in [-0.4, -0.2) is 103 Å². The molecule has 0 unspecified atom stereocenters. The number of carbonyl (C=O) groups is 1. The third-order valence-corrected chi connectivity index (χ3v) is 10.4. The number of oxazole rings is 1. The molecule has 5 atom stereocenters. The monoisotopic (exact) mass is 674 g/mol. The SMILES string of the molecule is COc1cccc(C[C@@H]([C@H](O)CN(CC(C)C)S(=O)(=O)c2ccc3nc(NC(C)C)oc3c2)N(C(=O)O)[C@H]2CCO[C@H]3OCC[C@H]32)c1. The van der Waals surface area contributed by atoms with Gasteiger partial charge in [0.05, 0.1) is 37.4 Å². The van der Waals surface area contributed by atoms with E-state index in [1.807, 2.05) is 33.8 Å². The van der Waals surface area contributed by atoms with E-state index in [1.165, 1.54) is 21.3 Å². The van der Waals surface area contributed by atoms with Crippen LogP contribution in [0.3, 0.4) is 0 Å². The number of aliphatic hydroxyl groups excluding tert-OH is 1. The van der Waals surface area contributed by atoms with Gasteiger partial charge in [0.25, 0.3) is 6.01 Å². The fraction of sp³-hybridized carbons (Fsp3) is 0.576. The van der Waals surface area contributed by atoms with E-state index in [-0.39, 0.29) is 48.3 Å². The first-order valence-corrected chi connectivity index (χ1v) is 17.5. The maximum atomic E-state index is 14.2. The van der Waals surface area contributed by atoms with Gasteiger partial charge in [-0.3, -0.25) is 4.90 Å². The van der Waals surface area contributed by atoms with Crippen molar-refractivity contribution in [3.05, 3.63) is 48.0 Å². The molecule has 2 aliphatic rings. The molecule has 3 heterocycles. The number of aliphatic hydroxyl groups is 1. The summed E-state index contributed by atoms with van der Waals surface area (Å²) in [7, 11) is -2.61. The topological polar surface area (TPSA) is 164 Å². The number of nitrogens with zero attached hydrogens (tertiary/aromatic N) is 3. The summed E-state index contributed by atoms with van der Waals surface area (Å²) in [6.45, 7) is 8.18. The number of carboxylic acid groups (broad SMARTS) is 1. The van der Waals surface area contributed by atoms with Crippen LogP contribution >= 0.6 is 0 Å². The van der Waals surface area contributed by atoms with Crippen LogP contribution in [0, 0.1) is 11.8 Å². The number of hydrogen-bond acceptors (Lipinski definition) is 10. The van der Waals surface area contributed by atoms with Gasteiger partial charge in [0.2, 0.25) is 10.0 Å². The summed E-state index contributed by atoms with van der Waals surface area (Å²) in [4.78, 5) is 18.8. The largest absolute Gasteiger partial charge is 0.497 e. The molecule has 0 radical (unpaired) electrons. The van der Waals surface area contributed by atoms with Crippen LogP contribution in [0.15, 0.2) is 51.8 Å². The van der Waals surface area contributed by atoms with Gasteiger partial charge < -0.3 is 34.2 Å². The summed E-state index contributed by atoms with van der Waals surface area (Å²) in [6.07, 6.45) is -1.93. The van der Waals surface area contributed by atoms with Crippen molar-refractivity contribution < 1.29 is 42.1 Å². The highest BCUT2D eigenvalue weighted by atomic mass is 32.2. The van der Waals surface area contributed by atoms with Crippen molar-refractivity contribution in [2.24, 2.45) is 11.8 Å². The highest BCUT2D eigenvalue weighted by Gasteiger charge is 2.47. The number of anilines is 1. The van der Waals surface area contributed by atoms with E-state index < -0.39 is 40.6 Å². The van der Waals surface area contributed by atoms with Gasteiger partial charge in [-0.1, -0.05) is 26.0 Å². The zero-order valence-electron chi connectivity index (χ0n) is 27.5. The molecule has 1 amide bonds. The van der Waals surface area contributed by atoms with Gasteiger partial charge in [-0.05, 0) is 68.9 Å². The van der Waals surface area contributed by atoms with Gasteiger partial charge in [-0.2, -0.15) is 9.29 Å². The summed E-state index contributed by atoms with van der Waals surface area (Å²) >= 11 is 0. The van der Waals surface area contributed by atoms with Gasteiger partial charge in [-0.25, -0.2) is 13.2 Å². The first-order chi connectivity index (χ1) is 22.4. The maximum absolute atomic E-state index is 14.2. The zero-order valence-corrected chi connectivity index (χ0v) is 28.4. The molecule has 47 heavy (non-hydrogen) atoms. The molecule has 3 N–H and O–H groups in total. The molecule has 2 saturated heterocycles. The van der Waals surface area contributed by atoms with Crippen LogP contribution in [0.2, 0.25) is 0 Å². The van der Waals surface area contributed by atoms with Crippen LogP contribution in [0.25, 0.3) is 11.1 Å². The van der Waals surface area contributed by atoms with Crippen LogP contribution in [0.4, 0.5) is 10.8 Å². The van der Waals surface area contributed by atoms with E-state index in [0.29, 0.717) is 42.9 Å². The summed E-state index contributed by atoms with van der Waals surface area (Å²) in [5, 5.41) is 25.8. The molecular weight excluding hydrogens is 628 g/mol. The molecular formula is C33H46N4O9S. The van der Waals surface area contributed by atoms with Gasteiger partial charge in [-0.15, -0.1) is 0 Å². The van der Waals surface area contributed by atoms with Crippen molar-refractivity contribution in [3.63, 3.8) is 0 Å². The minimum absolute atomic E-state index is 0.0140. The minimum Gasteiger partial charge on any atom is -0.497 e. The smallest absolute Gasteiger partial charge is 0.407 e. The summed E-state index contributed by atoms with van der Waals surface area (Å²) in [6, 6.07) is 10.6. The second kappa shape index (κ2) is 14.8. The van der Waals surface area contributed by atoms with E-state index in [9.17, 15) is 23.4 Å². The standard InChI is InChI=1S/C33H46N4O9S/c1-20(2)18-36(47(41,42)24-9-10-26-30(17-24)46-32(35-26)34-21(3)4)19-29(38)28(16-22-7-6-8-23(15-22)43-5)37(33(39)40)27-12-14-45-31-25(27)11-13-44-31/h6-10,15,17,20-21,25,27-29,31,38H,11-14,16,18-19H2,1-5H3,(H,34,35)(H,39,40)/t25-,27-,28-,29+,31+/m0/s1. The Morgan fingerprint density at radius 3 is 2.51 bits per heavy atom. The fourth-order valence-electron chi connectivity index (χ4n) is 6.51. The number of sulfonamides is 1. The molecule has 13 nitrogen and oxygen atoms in total. The average molecular weight is 675 g/mol. The van der Waals surface area contributed by atoms with Gasteiger partial charge >= 0.3 is 6.09 Å². The molecule has 3 aromatic rings. The Balaban J connectivity index is 1.49. The number of ether oxygens (including phenoxy) is 3. The molecule has 5 rings (SSSR count). The number of benzene rings is 2. The molecule has 2 aromatic carbocycles. The number of rotatable bonds is 14. The molecule has 2 aliphatic heterocycles. The molecule has 1 aromatic heterocycles. The van der Waals surface area contributed by atoms with Crippen LogP contribution < -0.4 is 10.1 Å². The summed E-state index contributed by atoms with van der Waals surface area (Å²) in [5.41, 5.74) is 1.55. The first kappa shape index (κ1) is 34.9. The van der Waals surface area contributed by atoms with Crippen LogP contribution in [0.5, 0.6) is 5.75 Å². The number of nitrogens with one attached hydrogen (secondary N) is 1. The Morgan fingerprint density at radius 2 is 1.83 bits per heavy atom. The number of fused-ring (bicyclic) bond motifs is 2. The molecule has 258 valence electrons. The lowest BCUT2D eigenvalue weighted by Gasteiger charge is -2.44. The second-order valence-electron chi connectivity index (χ2n) is 13.0. The zero-order chi connectivity index (χ0) is 33.9. The highest BCUT2D eigenvalue weighted by Crippen LogP contribution is 2.36. The maximum Gasteiger partial charge on any atom is 0.407 e. The predicted molar refractivity (Wildman–Crippen MR) is 175 cm³/mol. The Kier molecular flexibility index (Phi) is 11.0. The molecule has 0 bridgehead atoms. The Hall–Kier alpha value is -3.43. The van der Waals surface area contributed by atoms with Gasteiger partial charge in [0.15, 0.2) is 11.9 Å². The Bertz CT molecular complexity index is 1630. The third kappa shape index (κ3) is 8.00. The molecule has 2 fully saturated rings. The predicted octanol–water partition coefficient (Wildman–Crippen LogP) is 4.41. The fourth-order valence-corrected chi connectivity index (χ4v) is 8.15. The molecule has 0 aliphatic carbocycles. The quantitative estimate of drug-likeness (QED) is 0.222. The lowest BCUT2D eigenvalue weighted by molar-refractivity contribution is -0.172. The number of hydrogen-bond donors (Lipinski definition) is 3. The Labute approximate surface area is 275 Å². The van der Waals surface area contributed by atoms with Crippen molar-refractivity contribution in [2.45, 2.75) is 82.4 Å². The third-order valence-electron chi connectivity index (χ3n) is 8.60. The van der Waals surface area contributed by atoms with Crippen molar-refractivity contribution in [3.8, 4) is 5.75 Å². The second-order valence-corrected chi connectivity index (χ2v) is 14.9. The van der Waals surface area contributed by atoms with Gasteiger partial charge in [0.1, 0.15) is 11.3 Å². The van der Waals surface area contributed by atoms with Crippen molar-refractivity contribution >= 4 is 33.2 Å². The van der Waals surface area contributed by atoms with Crippen LogP contribution in [0.1, 0.15) is 46.1 Å². The van der Waals surface area contributed by atoms with E-state index >= 15 is 0 Å². The van der Waals surface area contributed by atoms with Crippen molar-refractivity contribution in [1.82, 2.24) is 14.2 Å². The minimum atomic E-state index is -4.16. The Morgan fingerprint density at radius 1 is 1.09 bits per heavy atom. The number of amides is 1.